The Morgan fingerprint density at radius 1 is 1.55 bits per heavy atom. The van der Waals surface area contributed by atoms with Crippen LogP contribution in [0, 0.1) is 11.3 Å². The third-order valence-corrected chi connectivity index (χ3v) is 3.26. The van der Waals surface area contributed by atoms with Gasteiger partial charge in [-0.3, -0.25) is 4.79 Å². The summed E-state index contributed by atoms with van der Waals surface area (Å²) in [4.78, 5) is 11.1. The normalized spacial score (nSPS) is 55.5. The van der Waals surface area contributed by atoms with Gasteiger partial charge in [-0.15, -0.1) is 0 Å². The second kappa shape index (κ2) is 1.84. The quantitative estimate of drug-likeness (QED) is 0.506. The van der Waals surface area contributed by atoms with E-state index in [1.54, 1.807) is 6.92 Å². The molecule has 62 valence electrons. The zero-order chi connectivity index (χ0) is 8.22. The van der Waals surface area contributed by atoms with Crippen molar-refractivity contribution in [2.75, 3.05) is 0 Å². The zero-order valence-electron chi connectivity index (χ0n) is 6.45. The van der Waals surface area contributed by atoms with Crippen molar-refractivity contribution in [3.05, 3.63) is 0 Å². The summed E-state index contributed by atoms with van der Waals surface area (Å²) >= 11 is 0. The molecule has 0 aromatic carbocycles. The maximum absolute atomic E-state index is 11.1. The molecule has 0 radical (unpaired) electrons. The molecule has 0 aromatic heterocycles. The van der Waals surface area contributed by atoms with Crippen LogP contribution < -0.4 is 0 Å². The molecule has 0 saturated heterocycles. The summed E-state index contributed by atoms with van der Waals surface area (Å²) in [5, 5.41) is 19.0. The van der Waals surface area contributed by atoms with Gasteiger partial charge in [0.25, 0.3) is 0 Å². The SMILES string of the molecule is CC12CC(=O)C(CC1O)C2O. The lowest BCUT2D eigenvalue weighted by atomic mass is 9.83. The minimum atomic E-state index is -0.606. The van der Waals surface area contributed by atoms with Crippen molar-refractivity contribution in [2.45, 2.75) is 32.0 Å². The Kier molecular flexibility index (Phi) is 1.22. The molecule has 2 N–H and O–H groups in total. The summed E-state index contributed by atoms with van der Waals surface area (Å²) in [5.74, 6) is -0.166. The average Bonchev–Trinajstić information content (AvgIpc) is 2.23. The number of rotatable bonds is 0. The van der Waals surface area contributed by atoms with Crippen LogP contribution in [0.4, 0.5) is 0 Å². The molecule has 2 aliphatic carbocycles. The number of aliphatic hydroxyl groups is 2. The molecule has 4 unspecified atom stereocenters. The maximum atomic E-state index is 11.1. The minimum absolute atomic E-state index is 0.116. The van der Waals surface area contributed by atoms with E-state index in [9.17, 15) is 15.0 Å². The van der Waals surface area contributed by atoms with Gasteiger partial charge < -0.3 is 10.2 Å². The molecular formula is C8H12O3. The van der Waals surface area contributed by atoms with Crippen LogP contribution in [-0.2, 0) is 4.79 Å². The van der Waals surface area contributed by atoms with Crippen molar-refractivity contribution in [3.63, 3.8) is 0 Å². The number of aliphatic hydroxyl groups excluding tert-OH is 2. The maximum Gasteiger partial charge on any atom is 0.139 e. The third-order valence-electron chi connectivity index (χ3n) is 3.26. The summed E-state index contributed by atoms with van der Waals surface area (Å²) in [7, 11) is 0. The summed E-state index contributed by atoms with van der Waals surface area (Å²) in [6.07, 6.45) is -0.290. The van der Waals surface area contributed by atoms with Crippen molar-refractivity contribution in [1.29, 1.82) is 0 Å². The Morgan fingerprint density at radius 3 is 2.45 bits per heavy atom. The van der Waals surface area contributed by atoms with E-state index in [2.05, 4.69) is 0 Å². The van der Waals surface area contributed by atoms with Crippen LogP contribution in [0.15, 0.2) is 0 Å². The van der Waals surface area contributed by atoms with Gasteiger partial charge in [0, 0.05) is 17.8 Å². The van der Waals surface area contributed by atoms with Crippen LogP contribution >= 0.6 is 0 Å². The minimum Gasteiger partial charge on any atom is -0.392 e. The number of hydrogen-bond donors (Lipinski definition) is 2. The number of fused-ring (bicyclic) bond motifs is 2. The fourth-order valence-corrected chi connectivity index (χ4v) is 2.33. The highest BCUT2D eigenvalue weighted by Gasteiger charge is 2.60. The van der Waals surface area contributed by atoms with E-state index in [1.807, 2.05) is 0 Å². The second-order valence-electron chi connectivity index (χ2n) is 3.95. The summed E-state index contributed by atoms with van der Waals surface area (Å²) in [5.41, 5.74) is -0.540. The van der Waals surface area contributed by atoms with Crippen molar-refractivity contribution >= 4 is 5.78 Å². The third kappa shape index (κ3) is 0.676. The molecule has 0 spiro atoms. The number of Topliss-reactive ketones (excluding diaryl/α,β-unsaturated/α-hetero) is 1. The number of hydrogen-bond acceptors (Lipinski definition) is 3. The Bertz CT molecular complexity index is 213. The zero-order valence-corrected chi connectivity index (χ0v) is 6.45. The molecule has 2 bridgehead atoms. The van der Waals surface area contributed by atoms with Crippen molar-refractivity contribution < 1.29 is 15.0 Å². The predicted octanol–water partition coefficient (Wildman–Crippen LogP) is -0.293. The molecule has 11 heavy (non-hydrogen) atoms. The molecule has 0 heterocycles. The van der Waals surface area contributed by atoms with Gasteiger partial charge in [0.1, 0.15) is 5.78 Å². The molecule has 2 aliphatic rings. The smallest absolute Gasteiger partial charge is 0.139 e. The van der Waals surface area contributed by atoms with Gasteiger partial charge in [0.05, 0.1) is 12.2 Å². The van der Waals surface area contributed by atoms with Gasteiger partial charge >= 0.3 is 0 Å². The lowest BCUT2D eigenvalue weighted by Gasteiger charge is -2.27. The average molecular weight is 156 g/mol. The van der Waals surface area contributed by atoms with E-state index in [1.165, 1.54) is 0 Å². The highest BCUT2D eigenvalue weighted by Crippen LogP contribution is 2.51. The first-order valence-electron chi connectivity index (χ1n) is 3.94. The van der Waals surface area contributed by atoms with Crippen molar-refractivity contribution in [1.82, 2.24) is 0 Å². The molecule has 0 aromatic rings. The van der Waals surface area contributed by atoms with Gasteiger partial charge in [0.15, 0.2) is 0 Å². The van der Waals surface area contributed by atoms with Crippen LogP contribution in [0.25, 0.3) is 0 Å². The van der Waals surface area contributed by atoms with Gasteiger partial charge in [-0.05, 0) is 6.42 Å². The Balaban J connectivity index is 2.37. The fourth-order valence-electron chi connectivity index (χ4n) is 2.33. The lowest BCUT2D eigenvalue weighted by Crippen LogP contribution is -2.33. The number of carbonyl (C=O) groups excluding carboxylic acids is 1. The molecule has 0 amide bonds. The first kappa shape index (κ1) is 7.25. The van der Waals surface area contributed by atoms with E-state index in [0.29, 0.717) is 12.8 Å². The van der Waals surface area contributed by atoms with E-state index < -0.39 is 17.6 Å². The Hall–Kier alpha value is -0.410. The standard InChI is InChI=1S/C8H12O3/c1-8-3-5(9)4(7(8)11)2-6(8)10/h4,6-7,10-11H,2-3H2,1H3. The van der Waals surface area contributed by atoms with Crippen LogP contribution in [-0.4, -0.2) is 28.2 Å². The molecule has 0 aliphatic heterocycles. The van der Waals surface area contributed by atoms with Gasteiger partial charge in [0.2, 0.25) is 0 Å². The largest absolute Gasteiger partial charge is 0.392 e. The number of ketones is 1. The molecular weight excluding hydrogens is 144 g/mol. The van der Waals surface area contributed by atoms with Crippen molar-refractivity contribution in [2.24, 2.45) is 11.3 Å². The molecule has 2 fully saturated rings. The molecule has 2 saturated carbocycles. The highest BCUT2D eigenvalue weighted by atomic mass is 16.3. The summed E-state index contributed by atoms with van der Waals surface area (Å²) < 4.78 is 0. The first-order chi connectivity index (χ1) is 5.05. The molecule has 3 nitrogen and oxygen atoms in total. The van der Waals surface area contributed by atoms with Gasteiger partial charge in [-0.1, -0.05) is 6.92 Å². The van der Waals surface area contributed by atoms with Crippen molar-refractivity contribution in [3.8, 4) is 0 Å². The molecule has 4 atom stereocenters. The molecule has 2 rings (SSSR count). The van der Waals surface area contributed by atoms with Gasteiger partial charge in [-0.25, -0.2) is 0 Å². The Morgan fingerprint density at radius 2 is 2.18 bits per heavy atom. The predicted molar refractivity (Wildman–Crippen MR) is 37.9 cm³/mol. The second-order valence-corrected chi connectivity index (χ2v) is 3.95. The fraction of sp³-hybridized carbons (Fsp3) is 0.875. The van der Waals surface area contributed by atoms with E-state index in [-0.39, 0.29) is 11.7 Å². The van der Waals surface area contributed by atoms with Crippen LogP contribution in [0.3, 0.4) is 0 Å². The monoisotopic (exact) mass is 156 g/mol. The van der Waals surface area contributed by atoms with Crippen LogP contribution in [0.5, 0.6) is 0 Å². The van der Waals surface area contributed by atoms with Crippen LogP contribution in [0.1, 0.15) is 19.8 Å². The first-order valence-corrected chi connectivity index (χ1v) is 3.94. The molecule has 3 heteroatoms. The highest BCUT2D eigenvalue weighted by molar-refractivity contribution is 5.86. The lowest BCUT2D eigenvalue weighted by molar-refractivity contribution is -0.124. The van der Waals surface area contributed by atoms with Crippen LogP contribution in [0.2, 0.25) is 0 Å². The summed E-state index contributed by atoms with van der Waals surface area (Å²) in [6, 6.07) is 0. The number of carbonyl (C=O) groups is 1. The van der Waals surface area contributed by atoms with E-state index >= 15 is 0 Å². The van der Waals surface area contributed by atoms with E-state index in [4.69, 9.17) is 0 Å². The Labute approximate surface area is 65.0 Å². The van der Waals surface area contributed by atoms with E-state index in [0.717, 1.165) is 0 Å². The van der Waals surface area contributed by atoms with Gasteiger partial charge in [-0.2, -0.15) is 0 Å². The summed E-state index contributed by atoms with van der Waals surface area (Å²) in [6.45, 7) is 1.78. The topological polar surface area (TPSA) is 57.5 Å².